The highest BCUT2D eigenvalue weighted by molar-refractivity contribution is 6.09. The number of halogens is 1. The first-order chi connectivity index (χ1) is 11.6. The lowest BCUT2D eigenvalue weighted by Gasteiger charge is -2.24. The number of rotatable bonds is 6. The zero-order valence-corrected chi connectivity index (χ0v) is 15.0. The molecule has 0 saturated carbocycles. The van der Waals surface area contributed by atoms with Gasteiger partial charge in [0.15, 0.2) is 0 Å². The average molecular weight is 349 g/mol. The van der Waals surface area contributed by atoms with Crippen molar-refractivity contribution >= 4 is 17.8 Å². The van der Waals surface area contributed by atoms with Gasteiger partial charge in [-0.15, -0.1) is 0 Å². The highest BCUT2D eigenvalue weighted by atomic mass is 19.1. The summed E-state index contributed by atoms with van der Waals surface area (Å²) in [5, 5.41) is 5.34. The van der Waals surface area contributed by atoms with Crippen LogP contribution >= 0.6 is 0 Å². The normalized spacial score (nSPS) is 20.6. The molecule has 2 rings (SSSR count). The summed E-state index contributed by atoms with van der Waals surface area (Å²) in [7, 11) is 0. The molecule has 1 fully saturated rings. The fourth-order valence-corrected chi connectivity index (χ4v) is 2.48. The Morgan fingerprint density at radius 3 is 2.44 bits per heavy atom. The number of nitrogens with zero attached hydrogens (tertiary/aromatic N) is 1. The van der Waals surface area contributed by atoms with Crippen molar-refractivity contribution in [2.24, 2.45) is 5.41 Å². The van der Waals surface area contributed by atoms with Crippen molar-refractivity contribution < 1.29 is 18.8 Å². The summed E-state index contributed by atoms with van der Waals surface area (Å²) < 4.78 is 13.1. The number of carbonyl (C=O) groups excluding carboxylic acids is 3. The number of benzene rings is 1. The Morgan fingerprint density at radius 2 is 1.88 bits per heavy atom. The minimum Gasteiger partial charge on any atom is -0.354 e. The zero-order chi connectivity index (χ0) is 18.8. The van der Waals surface area contributed by atoms with Crippen molar-refractivity contribution in [3.8, 4) is 0 Å². The summed E-state index contributed by atoms with van der Waals surface area (Å²) in [4.78, 5) is 37.9. The van der Waals surface area contributed by atoms with Crippen molar-refractivity contribution in [2.45, 2.75) is 39.7 Å². The SMILES string of the molecule is CCC(C)(C)CNC(=O)CN1C(=O)NC(C)(c2ccc(F)cc2)C1=O. The van der Waals surface area contributed by atoms with Crippen molar-refractivity contribution in [3.05, 3.63) is 35.6 Å². The second kappa shape index (κ2) is 6.82. The average Bonchev–Trinajstić information content (AvgIpc) is 2.78. The number of nitrogens with one attached hydrogen (secondary N) is 2. The molecular formula is C18H24FN3O3. The van der Waals surface area contributed by atoms with Gasteiger partial charge in [0.05, 0.1) is 0 Å². The fourth-order valence-electron chi connectivity index (χ4n) is 2.48. The molecule has 1 unspecified atom stereocenters. The lowest BCUT2D eigenvalue weighted by Crippen LogP contribution is -2.44. The highest BCUT2D eigenvalue weighted by Gasteiger charge is 2.49. The summed E-state index contributed by atoms with van der Waals surface area (Å²) in [6, 6.07) is 4.70. The maximum atomic E-state index is 13.1. The standard InChI is InChI=1S/C18H24FN3O3/c1-5-17(2,3)11-20-14(23)10-22-15(24)18(4,21-16(22)25)12-6-8-13(19)9-7-12/h6-9H,5,10-11H2,1-4H3,(H,20,23)(H,21,25). The van der Waals surface area contributed by atoms with E-state index in [0.29, 0.717) is 12.1 Å². The largest absolute Gasteiger partial charge is 0.354 e. The van der Waals surface area contributed by atoms with Gasteiger partial charge in [-0.05, 0) is 36.5 Å². The first kappa shape index (κ1) is 18.9. The monoisotopic (exact) mass is 349 g/mol. The Bertz CT molecular complexity index is 687. The molecule has 0 radical (unpaired) electrons. The van der Waals surface area contributed by atoms with Crippen LogP contribution in [0.5, 0.6) is 0 Å². The predicted octanol–water partition coefficient (Wildman–Crippen LogP) is 2.15. The van der Waals surface area contributed by atoms with Gasteiger partial charge in [0.1, 0.15) is 17.9 Å². The van der Waals surface area contributed by atoms with Gasteiger partial charge >= 0.3 is 6.03 Å². The van der Waals surface area contributed by atoms with E-state index < -0.39 is 29.2 Å². The number of hydrogen-bond acceptors (Lipinski definition) is 3. The summed E-state index contributed by atoms with van der Waals surface area (Å²) in [6.45, 7) is 7.72. The zero-order valence-electron chi connectivity index (χ0n) is 15.0. The van der Waals surface area contributed by atoms with E-state index in [1.54, 1.807) is 6.92 Å². The molecule has 1 aliphatic heterocycles. The molecular weight excluding hydrogens is 325 g/mol. The molecule has 1 saturated heterocycles. The van der Waals surface area contributed by atoms with Crippen molar-refractivity contribution in [1.29, 1.82) is 0 Å². The van der Waals surface area contributed by atoms with Gasteiger partial charge in [0.25, 0.3) is 5.91 Å². The molecule has 1 heterocycles. The first-order valence-electron chi connectivity index (χ1n) is 8.26. The summed E-state index contributed by atoms with van der Waals surface area (Å²) in [5.74, 6) is -1.36. The molecule has 2 N–H and O–H groups in total. The van der Waals surface area contributed by atoms with E-state index in [1.807, 2.05) is 20.8 Å². The number of amides is 4. The van der Waals surface area contributed by atoms with Crippen molar-refractivity contribution in [1.82, 2.24) is 15.5 Å². The van der Waals surface area contributed by atoms with Gasteiger partial charge in [-0.25, -0.2) is 9.18 Å². The molecule has 25 heavy (non-hydrogen) atoms. The van der Waals surface area contributed by atoms with E-state index in [-0.39, 0.29) is 12.0 Å². The molecule has 1 aliphatic rings. The van der Waals surface area contributed by atoms with Crippen LogP contribution < -0.4 is 10.6 Å². The highest BCUT2D eigenvalue weighted by Crippen LogP contribution is 2.28. The molecule has 6 nitrogen and oxygen atoms in total. The number of hydrogen-bond donors (Lipinski definition) is 2. The third kappa shape index (κ3) is 3.97. The smallest absolute Gasteiger partial charge is 0.325 e. The Kier molecular flexibility index (Phi) is 5.15. The lowest BCUT2D eigenvalue weighted by molar-refractivity contribution is -0.134. The van der Waals surface area contributed by atoms with Crippen LogP contribution in [0.25, 0.3) is 0 Å². The van der Waals surface area contributed by atoms with E-state index >= 15 is 0 Å². The minimum atomic E-state index is -1.31. The molecule has 136 valence electrons. The maximum absolute atomic E-state index is 13.1. The van der Waals surface area contributed by atoms with Gasteiger partial charge in [0, 0.05) is 6.54 Å². The lowest BCUT2D eigenvalue weighted by atomic mass is 9.90. The van der Waals surface area contributed by atoms with Gasteiger partial charge < -0.3 is 10.6 Å². The third-order valence-electron chi connectivity index (χ3n) is 4.72. The van der Waals surface area contributed by atoms with Crippen LogP contribution in [0.3, 0.4) is 0 Å². The quantitative estimate of drug-likeness (QED) is 0.773. The van der Waals surface area contributed by atoms with Crippen LogP contribution in [0.1, 0.15) is 39.7 Å². The molecule has 0 spiro atoms. The number of carbonyl (C=O) groups is 3. The Balaban J connectivity index is 2.08. The topological polar surface area (TPSA) is 78.5 Å². The van der Waals surface area contributed by atoms with Gasteiger partial charge in [0.2, 0.25) is 5.91 Å². The van der Waals surface area contributed by atoms with Gasteiger partial charge in [-0.3, -0.25) is 14.5 Å². The van der Waals surface area contributed by atoms with Crippen LogP contribution in [-0.4, -0.2) is 35.8 Å². The fraction of sp³-hybridized carbons (Fsp3) is 0.500. The van der Waals surface area contributed by atoms with Crippen LogP contribution in [0, 0.1) is 11.2 Å². The second-order valence-electron chi connectivity index (χ2n) is 7.25. The predicted molar refractivity (Wildman–Crippen MR) is 91.1 cm³/mol. The maximum Gasteiger partial charge on any atom is 0.325 e. The van der Waals surface area contributed by atoms with Crippen molar-refractivity contribution in [2.75, 3.05) is 13.1 Å². The van der Waals surface area contributed by atoms with Gasteiger partial charge in [-0.2, -0.15) is 0 Å². The minimum absolute atomic E-state index is 0.0600. The van der Waals surface area contributed by atoms with Crippen LogP contribution in [0.4, 0.5) is 9.18 Å². The molecule has 0 aliphatic carbocycles. The van der Waals surface area contributed by atoms with Crippen molar-refractivity contribution in [3.63, 3.8) is 0 Å². The number of imide groups is 1. The summed E-state index contributed by atoms with van der Waals surface area (Å²) >= 11 is 0. The van der Waals surface area contributed by atoms with E-state index in [9.17, 15) is 18.8 Å². The molecule has 0 aromatic heterocycles. The second-order valence-corrected chi connectivity index (χ2v) is 7.25. The van der Waals surface area contributed by atoms with E-state index in [2.05, 4.69) is 10.6 Å². The Morgan fingerprint density at radius 1 is 1.28 bits per heavy atom. The molecule has 0 bridgehead atoms. The Labute approximate surface area is 146 Å². The van der Waals surface area contributed by atoms with Crippen LogP contribution in [-0.2, 0) is 15.1 Å². The molecule has 4 amide bonds. The molecule has 7 heteroatoms. The molecule has 1 aromatic rings. The third-order valence-corrected chi connectivity index (χ3v) is 4.72. The van der Waals surface area contributed by atoms with E-state index in [0.717, 1.165) is 11.3 Å². The molecule has 1 atom stereocenters. The first-order valence-corrected chi connectivity index (χ1v) is 8.26. The van der Waals surface area contributed by atoms with E-state index in [1.165, 1.54) is 24.3 Å². The summed E-state index contributed by atoms with van der Waals surface area (Å²) in [6.07, 6.45) is 0.888. The van der Waals surface area contributed by atoms with Crippen LogP contribution in [0.15, 0.2) is 24.3 Å². The number of urea groups is 1. The summed E-state index contributed by atoms with van der Waals surface area (Å²) in [5.41, 5.74) is -0.911. The van der Waals surface area contributed by atoms with E-state index in [4.69, 9.17) is 0 Å². The van der Waals surface area contributed by atoms with Crippen LogP contribution in [0.2, 0.25) is 0 Å². The molecule has 1 aromatic carbocycles. The van der Waals surface area contributed by atoms with Gasteiger partial charge in [-0.1, -0.05) is 32.9 Å². The Hall–Kier alpha value is -2.44.